The maximum atomic E-state index is 12.1. The zero-order valence-corrected chi connectivity index (χ0v) is 14.1. The predicted molar refractivity (Wildman–Crippen MR) is 85.5 cm³/mol. The maximum absolute atomic E-state index is 12.1. The smallest absolute Gasteiger partial charge is 0.327 e. The van der Waals surface area contributed by atoms with Crippen molar-refractivity contribution in [2.45, 2.75) is 44.2 Å². The molecule has 0 bridgehead atoms. The van der Waals surface area contributed by atoms with Crippen molar-refractivity contribution in [3.63, 3.8) is 0 Å². The zero-order valence-electron chi connectivity index (χ0n) is 12.5. The van der Waals surface area contributed by atoms with Gasteiger partial charge in [-0.15, -0.1) is 0 Å². The monoisotopic (exact) mass is 355 g/mol. The molecule has 0 aliphatic heterocycles. The Morgan fingerprint density at radius 3 is 2.57 bits per heavy atom. The van der Waals surface area contributed by atoms with Gasteiger partial charge in [0.2, 0.25) is 0 Å². The van der Waals surface area contributed by atoms with E-state index < -0.39 is 6.04 Å². The molecule has 2 rings (SSSR count). The Labute approximate surface area is 134 Å². The van der Waals surface area contributed by atoms with Crippen LogP contribution in [0.5, 0.6) is 5.75 Å². The topological polar surface area (TPSA) is 47.6 Å². The van der Waals surface area contributed by atoms with E-state index in [0.29, 0.717) is 6.04 Å². The Morgan fingerprint density at radius 2 is 2.00 bits per heavy atom. The number of hydrogen-bond acceptors (Lipinski definition) is 4. The highest BCUT2D eigenvalue weighted by atomic mass is 79.9. The van der Waals surface area contributed by atoms with Gasteiger partial charge in [0.1, 0.15) is 11.8 Å². The number of nitrogens with one attached hydrogen (secondary N) is 1. The Kier molecular flexibility index (Phi) is 6.06. The largest absolute Gasteiger partial charge is 0.496 e. The summed E-state index contributed by atoms with van der Waals surface area (Å²) < 4.78 is 11.0. The molecule has 1 saturated carbocycles. The maximum Gasteiger partial charge on any atom is 0.327 e. The first-order chi connectivity index (χ1) is 10.2. The second kappa shape index (κ2) is 7.80. The van der Waals surface area contributed by atoms with Crippen molar-refractivity contribution in [3.8, 4) is 5.75 Å². The Hall–Kier alpha value is -1.07. The number of hydrogen-bond donors (Lipinski definition) is 1. The summed E-state index contributed by atoms with van der Waals surface area (Å²) in [6, 6.07) is 5.62. The molecule has 4 nitrogen and oxygen atoms in total. The summed E-state index contributed by atoms with van der Waals surface area (Å²) >= 11 is 3.47. The first-order valence-electron chi connectivity index (χ1n) is 7.33. The van der Waals surface area contributed by atoms with Crippen molar-refractivity contribution in [1.29, 1.82) is 0 Å². The van der Waals surface area contributed by atoms with Gasteiger partial charge in [-0.25, -0.2) is 4.79 Å². The molecule has 5 heteroatoms. The molecular weight excluding hydrogens is 334 g/mol. The van der Waals surface area contributed by atoms with E-state index in [2.05, 4.69) is 21.2 Å². The van der Waals surface area contributed by atoms with Gasteiger partial charge in [0.15, 0.2) is 0 Å². The van der Waals surface area contributed by atoms with Crippen LogP contribution >= 0.6 is 15.9 Å². The molecular formula is C16H22BrNO3. The lowest BCUT2D eigenvalue weighted by atomic mass is 9.94. The van der Waals surface area contributed by atoms with Gasteiger partial charge >= 0.3 is 5.97 Å². The normalized spacial score (nSPS) is 17.3. The molecule has 0 amide bonds. The third-order valence-electron chi connectivity index (χ3n) is 3.95. The van der Waals surface area contributed by atoms with Crippen LogP contribution in [0.15, 0.2) is 22.7 Å². The summed E-state index contributed by atoms with van der Waals surface area (Å²) in [4.78, 5) is 12.1. The Balaban J connectivity index is 2.18. The highest BCUT2D eigenvalue weighted by molar-refractivity contribution is 9.10. The number of methoxy groups -OCH3 is 2. The average molecular weight is 356 g/mol. The van der Waals surface area contributed by atoms with Gasteiger partial charge in [-0.3, -0.25) is 5.32 Å². The van der Waals surface area contributed by atoms with Crippen LogP contribution in [0.25, 0.3) is 0 Å². The molecule has 21 heavy (non-hydrogen) atoms. The number of halogens is 1. The molecule has 1 aliphatic carbocycles. The SMILES string of the molecule is COC(=O)C(NC1CCCCC1)c1ccc(OC)c(Br)c1. The van der Waals surface area contributed by atoms with Crippen LogP contribution in [-0.4, -0.2) is 26.2 Å². The van der Waals surface area contributed by atoms with Gasteiger partial charge in [0, 0.05) is 6.04 Å². The number of carbonyl (C=O) groups is 1. The van der Waals surface area contributed by atoms with E-state index in [1.54, 1.807) is 7.11 Å². The number of rotatable bonds is 5. The minimum atomic E-state index is -0.430. The molecule has 1 aromatic carbocycles. The van der Waals surface area contributed by atoms with E-state index in [9.17, 15) is 4.79 Å². The van der Waals surface area contributed by atoms with Crippen LogP contribution < -0.4 is 10.1 Å². The molecule has 0 saturated heterocycles. The van der Waals surface area contributed by atoms with Crippen molar-refractivity contribution in [2.24, 2.45) is 0 Å². The van der Waals surface area contributed by atoms with Crippen LogP contribution in [-0.2, 0) is 9.53 Å². The van der Waals surface area contributed by atoms with E-state index in [0.717, 1.165) is 28.6 Å². The second-order valence-electron chi connectivity index (χ2n) is 5.35. The minimum Gasteiger partial charge on any atom is -0.496 e. The quantitative estimate of drug-likeness (QED) is 0.819. The number of carbonyl (C=O) groups excluding carboxylic acids is 1. The fraction of sp³-hybridized carbons (Fsp3) is 0.562. The second-order valence-corrected chi connectivity index (χ2v) is 6.21. The Bertz CT molecular complexity index is 486. The molecule has 0 aromatic heterocycles. The first kappa shape index (κ1) is 16.3. The van der Waals surface area contributed by atoms with Crippen LogP contribution in [0, 0.1) is 0 Å². The van der Waals surface area contributed by atoms with Crippen LogP contribution in [0.3, 0.4) is 0 Å². The van der Waals surface area contributed by atoms with Crippen molar-refractivity contribution in [2.75, 3.05) is 14.2 Å². The number of esters is 1. The zero-order chi connectivity index (χ0) is 15.2. The molecule has 0 radical (unpaired) electrons. The molecule has 116 valence electrons. The summed E-state index contributed by atoms with van der Waals surface area (Å²) in [5.41, 5.74) is 0.889. The number of ether oxygens (including phenoxy) is 2. The molecule has 0 spiro atoms. The van der Waals surface area contributed by atoms with Gasteiger partial charge in [0.05, 0.1) is 18.7 Å². The van der Waals surface area contributed by atoms with Gasteiger partial charge in [-0.05, 0) is 46.5 Å². The van der Waals surface area contributed by atoms with Crippen molar-refractivity contribution in [3.05, 3.63) is 28.2 Å². The fourth-order valence-corrected chi connectivity index (χ4v) is 3.34. The van der Waals surface area contributed by atoms with Crippen LogP contribution in [0.4, 0.5) is 0 Å². The summed E-state index contributed by atoms with van der Waals surface area (Å²) in [6.07, 6.45) is 5.96. The third-order valence-corrected chi connectivity index (χ3v) is 4.57. The molecule has 0 heterocycles. The molecule has 1 aliphatic rings. The highest BCUT2D eigenvalue weighted by Crippen LogP contribution is 2.29. The highest BCUT2D eigenvalue weighted by Gasteiger charge is 2.26. The summed E-state index contributed by atoms with van der Waals surface area (Å²) in [5, 5.41) is 3.45. The van der Waals surface area contributed by atoms with Crippen molar-refractivity contribution >= 4 is 21.9 Å². The molecule has 1 fully saturated rings. The summed E-state index contributed by atoms with van der Waals surface area (Å²) in [7, 11) is 3.05. The van der Waals surface area contributed by atoms with Gasteiger partial charge in [-0.2, -0.15) is 0 Å². The molecule has 1 aromatic rings. The van der Waals surface area contributed by atoms with Gasteiger partial charge in [0.25, 0.3) is 0 Å². The van der Waals surface area contributed by atoms with E-state index in [1.807, 2.05) is 18.2 Å². The van der Waals surface area contributed by atoms with E-state index in [1.165, 1.54) is 26.4 Å². The van der Waals surface area contributed by atoms with Crippen molar-refractivity contribution in [1.82, 2.24) is 5.32 Å². The average Bonchev–Trinajstić information content (AvgIpc) is 2.53. The molecule has 1 N–H and O–H groups in total. The summed E-state index contributed by atoms with van der Waals surface area (Å²) in [6.45, 7) is 0. The number of benzene rings is 1. The van der Waals surface area contributed by atoms with Crippen LogP contribution in [0.2, 0.25) is 0 Å². The van der Waals surface area contributed by atoms with E-state index >= 15 is 0 Å². The lowest BCUT2D eigenvalue weighted by Gasteiger charge is -2.27. The Morgan fingerprint density at radius 1 is 1.29 bits per heavy atom. The molecule has 1 unspecified atom stereocenters. The van der Waals surface area contributed by atoms with Crippen LogP contribution in [0.1, 0.15) is 43.7 Å². The summed E-state index contributed by atoms with van der Waals surface area (Å²) in [5.74, 6) is 0.498. The van der Waals surface area contributed by atoms with Gasteiger partial charge < -0.3 is 9.47 Å². The van der Waals surface area contributed by atoms with Crippen molar-refractivity contribution < 1.29 is 14.3 Å². The lowest BCUT2D eigenvalue weighted by Crippen LogP contribution is -2.38. The standard InChI is InChI=1S/C16H22BrNO3/c1-20-14-9-8-11(10-13(14)17)15(16(19)21-2)18-12-6-4-3-5-7-12/h8-10,12,15,18H,3-7H2,1-2H3. The van der Waals surface area contributed by atoms with E-state index in [4.69, 9.17) is 9.47 Å². The first-order valence-corrected chi connectivity index (χ1v) is 8.12. The lowest BCUT2D eigenvalue weighted by molar-refractivity contribution is -0.143. The van der Waals surface area contributed by atoms with E-state index in [-0.39, 0.29) is 5.97 Å². The fourth-order valence-electron chi connectivity index (χ4n) is 2.79. The van der Waals surface area contributed by atoms with Gasteiger partial charge in [-0.1, -0.05) is 25.3 Å². The third kappa shape index (κ3) is 4.20. The minimum absolute atomic E-state index is 0.252. The predicted octanol–water partition coefficient (Wildman–Crippen LogP) is 3.59. The molecule has 1 atom stereocenters.